The maximum atomic E-state index is 11.9. The molecular weight excluding hydrogens is 286 g/mol. The molecule has 2 aromatic rings. The second-order valence-electron chi connectivity index (χ2n) is 6.40. The molecule has 2 heterocycles. The minimum absolute atomic E-state index is 0.00701. The van der Waals surface area contributed by atoms with Crippen LogP contribution >= 0.6 is 0 Å². The van der Waals surface area contributed by atoms with Gasteiger partial charge >= 0.3 is 0 Å². The summed E-state index contributed by atoms with van der Waals surface area (Å²) in [4.78, 5) is 20.3. The molecule has 0 radical (unpaired) electrons. The maximum Gasteiger partial charge on any atom is 0.254 e. The molecule has 0 saturated carbocycles. The van der Waals surface area contributed by atoms with Gasteiger partial charge in [-0.3, -0.25) is 4.79 Å². The van der Waals surface area contributed by atoms with E-state index >= 15 is 0 Å². The molecule has 0 spiro atoms. The molecule has 0 bridgehead atoms. The van der Waals surface area contributed by atoms with E-state index in [1.807, 2.05) is 12.1 Å². The van der Waals surface area contributed by atoms with Crippen molar-refractivity contribution in [3.05, 3.63) is 59.8 Å². The highest BCUT2D eigenvalue weighted by atomic mass is 16.2. The third-order valence-corrected chi connectivity index (χ3v) is 4.38. The summed E-state index contributed by atoms with van der Waals surface area (Å²) in [5.74, 6) is 1.63. The summed E-state index contributed by atoms with van der Waals surface area (Å²) in [6.45, 7) is 2.06. The number of benzene rings is 1. The third kappa shape index (κ3) is 3.70. The molecule has 1 aliphatic rings. The van der Waals surface area contributed by atoms with E-state index in [1.54, 1.807) is 25.2 Å². The quantitative estimate of drug-likeness (QED) is 0.871. The van der Waals surface area contributed by atoms with Gasteiger partial charge in [0.2, 0.25) is 0 Å². The van der Waals surface area contributed by atoms with Crippen LogP contribution in [0.5, 0.6) is 0 Å². The number of carbonyl (C=O) groups is 1. The molecule has 4 heteroatoms. The number of hydrogen-bond donors (Lipinski definition) is 0. The molecule has 1 aromatic carbocycles. The number of anilines is 1. The number of aromatic nitrogens is 1. The molecule has 1 unspecified atom stereocenters. The summed E-state index contributed by atoms with van der Waals surface area (Å²) < 4.78 is 0. The monoisotopic (exact) mass is 309 g/mol. The van der Waals surface area contributed by atoms with Crippen molar-refractivity contribution >= 4 is 11.7 Å². The van der Waals surface area contributed by atoms with Gasteiger partial charge in [-0.1, -0.05) is 30.3 Å². The molecule has 1 atom stereocenters. The normalized spacial score (nSPS) is 17.3. The van der Waals surface area contributed by atoms with Gasteiger partial charge in [0.15, 0.2) is 0 Å². The lowest BCUT2D eigenvalue weighted by Gasteiger charge is -2.18. The standard InChI is InChI=1S/C19H23N3O/c1-21(2)19(23)17-8-9-18(20-13-17)22-11-10-16(14-22)12-15-6-4-3-5-7-15/h3-9,13,16H,10-12,14H2,1-2H3. The molecule has 1 aliphatic heterocycles. The summed E-state index contributed by atoms with van der Waals surface area (Å²) >= 11 is 0. The lowest BCUT2D eigenvalue weighted by atomic mass is 9.99. The topological polar surface area (TPSA) is 36.4 Å². The van der Waals surface area contributed by atoms with Gasteiger partial charge in [0.1, 0.15) is 5.82 Å². The van der Waals surface area contributed by atoms with Crippen molar-refractivity contribution < 1.29 is 4.79 Å². The first kappa shape index (κ1) is 15.5. The number of rotatable bonds is 4. The summed E-state index contributed by atoms with van der Waals surface area (Å²) in [6.07, 6.45) is 3.99. The van der Waals surface area contributed by atoms with Crippen LogP contribution in [0.1, 0.15) is 22.3 Å². The number of carbonyl (C=O) groups excluding carboxylic acids is 1. The van der Waals surface area contributed by atoms with E-state index < -0.39 is 0 Å². The Morgan fingerprint density at radius 1 is 1.22 bits per heavy atom. The smallest absolute Gasteiger partial charge is 0.254 e. The van der Waals surface area contributed by atoms with Crippen molar-refractivity contribution in [2.75, 3.05) is 32.1 Å². The largest absolute Gasteiger partial charge is 0.356 e. The summed E-state index contributed by atoms with van der Waals surface area (Å²) in [6, 6.07) is 14.5. The van der Waals surface area contributed by atoms with Gasteiger partial charge in [-0.2, -0.15) is 0 Å². The molecular formula is C19H23N3O. The molecule has 3 rings (SSSR count). The number of nitrogens with zero attached hydrogens (tertiary/aromatic N) is 3. The second kappa shape index (κ2) is 6.82. The highest BCUT2D eigenvalue weighted by Crippen LogP contribution is 2.25. The zero-order valence-electron chi connectivity index (χ0n) is 13.8. The Hall–Kier alpha value is -2.36. The van der Waals surface area contributed by atoms with Crippen molar-refractivity contribution in [3.63, 3.8) is 0 Å². The van der Waals surface area contributed by atoms with Crippen LogP contribution in [0.2, 0.25) is 0 Å². The van der Waals surface area contributed by atoms with E-state index in [0.29, 0.717) is 11.5 Å². The minimum atomic E-state index is -0.00701. The van der Waals surface area contributed by atoms with Crippen LogP contribution < -0.4 is 4.90 Å². The molecule has 1 saturated heterocycles. The highest BCUT2D eigenvalue weighted by molar-refractivity contribution is 5.93. The first-order chi connectivity index (χ1) is 11.1. The van der Waals surface area contributed by atoms with E-state index in [0.717, 1.165) is 25.3 Å². The number of pyridine rings is 1. The van der Waals surface area contributed by atoms with E-state index in [2.05, 4.69) is 40.2 Å². The Morgan fingerprint density at radius 3 is 2.65 bits per heavy atom. The zero-order chi connectivity index (χ0) is 16.2. The fraction of sp³-hybridized carbons (Fsp3) is 0.368. The van der Waals surface area contributed by atoms with Crippen molar-refractivity contribution in [2.24, 2.45) is 5.92 Å². The lowest BCUT2D eigenvalue weighted by molar-refractivity contribution is 0.0827. The van der Waals surface area contributed by atoms with Gasteiger partial charge in [-0.05, 0) is 36.5 Å². The number of amides is 1. The van der Waals surface area contributed by atoms with Gasteiger partial charge in [-0.15, -0.1) is 0 Å². The molecule has 4 nitrogen and oxygen atoms in total. The SMILES string of the molecule is CN(C)C(=O)c1ccc(N2CCC(Cc3ccccc3)C2)nc1. The van der Waals surface area contributed by atoms with Gasteiger partial charge < -0.3 is 9.80 Å². The molecule has 0 aliphatic carbocycles. The first-order valence-electron chi connectivity index (χ1n) is 8.10. The molecule has 23 heavy (non-hydrogen) atoms. The van der Waals surface area contributed by atoms with Gasteiger partial charge in [-0.25, -0.2) is 4.98 Å². The van der Waals surface area contributed by atoms with Crippen LogP contribution in [0.15, 0.2) is 48.7 Å². The van der Waals surface area contributed by atoms with E-state index in [-0.39, 0.29) is 5.91 Å². The van der Waals surface area contributed by atoms with Crippen LogP contribution in [0, 0.1) is 5.92 Å². The Labute approximate surface area is 137 Å². The predicted octanol–water partition coefficient (Wildman–Crippen LogP) is 2.85. The number of hydrogen-bond acceptors (Lipinski definition) is 3. The predicted molar refractivity (Wildman–Crippen MR) is 92.7 cm³/mol. The van der Waals surface area contributed by atoms with Crippen molar-refractivity contribution in [1.82, 2.24) is 9.88 Å². The third-order valence-electron chi connectivity index (χ3n) is 4.38. The average Bonchev–Trinajstić information content (AvgIpc) is 3.03. The van der Waals surface area contributed by atoms with Gasteiger partial charge in [0, 0.05) is 33.4 Å². The molecule has 0 N–H and O–H groups in total. The molecule has 1 aromatic heterocycles. The maximum absolute atomic E-state index is 11.9. The van der Waals surface area contributed by atoms with Crippen LogP contribution in [0.4, 0.5) is 5.82 Å². The summed E-state index contributed by atoms with van der Waals surface area (Å²) in [7, 11) is 3.51. The van der Waals surface area contributed by atoms with Crippen LogP contribution in [0.25, 0.3) is 0 Å². The minimum Gasteiger partial charge on any atom is -0.356 e. The second-order valence-corrected chi connectivity index (χ2v) is 6.40. The van der Waals surface area contributed by atoms with Crippen LogP contribution in [0.3, 0.4) is 0 Å². The molecule has 1 fully saturated rings. The fourth-order valence-corrected chi connectivity index (χ4v) is 3.11. The Morgan fingerprint density at radius 2 is 2.00 bits per heavy atom. The van der Waals surface area contributed by atoms with Crippen molar-refractivity contribution in [2.45, 2.75) is 12.8 Å². The van der Waals surface area contributed by atoms with Crippen molar-refractivity contribution in [3.8, 4) is 0 Å². The zero-order valence-corrected chi connectivity index (χ0v) is 13.8. The summed E-state index contributed by atoms with van der Waals surface area (Å²) in [5.41, 5.74) is 2.04. The van der Waals surface area contributed by atoms with E-state index in [9.17, 15) is 4.79 Å². The molecule has 1 amide bonds. The molecule has 120 valence electrons. The van der Waals surface area contributed by atoms with Crippen LogP contribution in [-0.4, -0.2) is 43.0 Å². The van der Waals surface area contributed by atoms with E-state index in [4.69, 9.17) is 0 Å². The van der Waals surface area contributed by atoms with Gasteiger partial charge in [0.05, 0.1) is 5.56 Å². The Balaban J connectivity index is 1.61. The van der Waals surface area contributed by atoms with E-state index in [1.165, 1.54) is 12.0 Å². The highest BCUT2D eigenvalue weighted by Gasteiger charge is 2.23. The summed E-state index contributed by atoms with van der Waals surface area (Å²) in [5, 5.41) is 0. The first-order valence-corrected chi connectivity index (χ1v) is 8.10. The fourth-order valence-electron chi connectivity index (χ4n) is 3.11. The van der Waals surface area contributed by atoms with Crippen LogP contribution in [-0.2, 0) is 6.42 Å². The Kier molecular flexibility index (Phi) is 4.60. The Bertz CT molecular complexity index is 652. The van der Waals surface area contributed by atoms with Crippen molar-refractivity contribution in [1.29, 1.82) is 0 Å². The average molecular weight is 309 g/mol. The van der Waals surface area contributed by atoms with Gasteiger partial charge in [0.25, 0.3) is 5.91 Å². The lowest BCUT2D eigenvalue weighted by Crippen LogP contribution is -2.23.